The third-order valence-electron chi connectivity index (χ3n) is 6.01. The van der Waals surface area contributed by atoms with E-state index < -0.39 is 36.2 Å². The Morgan fingerprint density at radius 1 is 1.06 bits per heavy atom. The molecule has 2 amide bonds. The molecule has 0 aliphatic heterocycles. The van der Waals surface area contributed by atoms with Crippen LogP contribution in [0.4, 0.5) is 4.79 Å². The lowest BCUT2D eigenvalue weighted by atomic mass is 9.98. The van der Waals surface area contributed by atoms with Crippen LogP contribution in [0.15, 0.2) is 61.2 Å². The minimum absolute atomic E-state index is 0.0899. The topological polar surface area (TPSA) is 114 Å². The lowest BCUT2D eigenvalue weighted by Crippen LogP contribution is -2.56. The number of amides is 2. The predicted molar refractivity (Wildman–Crippen MR) is 127 cm³/mol. The molecule has 0 saturated heterocycles. The van der Waals surface area contributed by atoms with Crippen LogP contribution in [-0.4, -0.2) is 55.0 Å². The number of aliphatic carboxylic acids is 1. The normalized spacial score (nSPS) is 14.8. The minimum atomic E-state index is -1.17. The standard InChI is InChI=1S/C26H30N2O6/c1-4-5-14-22(25(30)31)27-24(29)23(16(2)33-3)28-26(32)34-15-21-19-12-8-6-10-17(19)18-11-7-9-13-20(18)21/h4,6-13,16,21-23H,1,5,14-15H2,2-3H3,(H,27,29)(H,28,32)(H,30,31). The molecule has 0 saturated carbocycles. The highest BCUT2D eigenvalue weighted by atomic mass is 16.5. The van der Waals surface area contributed by atoms with Crippen molar-refractivity contribution < 1.29 is 29.0 Å². The number of ether oxygens (including phenoxy) is 2. The van der Waals surface area contributed by atoms with Crippen molar-refractivity contribution in [3.05, 3.63) is 72.3 Å². The Morgan fingerprint density at radius 3 is 2.18 bits per heavy atom. The van der Waals surface area contributed by atoms with Gasteiger partial charge in [0.25, 0.3) is 0 Å². The summed E-state index contributed by atoms with van der Waals surface area (Å²) in [6.45, 7) is 5.26. The molecule has 8 nitrogen and oxygen atoms in total. The zero-order chi connectivity index (χ0) is 24.7. The fourth-order valence-corrected chi connectivity index (χ4v) is 4.10. The van der Waals surface area contributed by atoms with Gasteiger partial charge in [0.05, 0.1) is 6.10 Å². The van der Waals surface area contributed by atoms with Crippen LogP contribution in [0.25, 0.3) is 11.1 Å². The molecule has 2 aromatic rings. The number of alkyl carbamates (subject to hydrolysis) is 1. The van der Waals surface area contributed by atoms with E-state index >= 15 is 0 Å². The average Bonchev–Trinajstić information content (AvgIpc) is 3.16. The van der Waals surface area contributed by atoms with Crippen LogP contribution in [0.3, 0.4) is 0 Å². The Morgan fingerprint density at radius 2 is 1.65 bits per heavy atom. The molecule has 0 bridgehead atoms. The van der Waals surface area contributed by atoms with Crippen LogP contribution >= 0.6 is 0 Å². The Hall–Kier alpha value is -3.65. The molecule has 34 heavy (non-hydrogen) atoms. The van der Waals surface area contributed by atoms with Crippen LogP contribution in [0.1, 0.15) is 36.8 Å². The number of nitrogens with one attached hydrogen (secondary N) is 2. The van der Waals surface area contributed by atoms with Crippen LogP contribution < -0.4 is 10.6 Å². The first-order chi connectivity index (χ1) is 16.4. The van der Waals surface area contributed by atoms with E-state index in [1.165, 1.54) is 7.11 Å². The number of carbonyl (C=O) groups is 3. The monoisotopic (exact) mass is 466 g/mol. The maximum atomic E-state index is 12.8. The van der Waals surface area contributed by atoms with Crippen molar-refractivity contribution in [3.8, 4) is 11.1 Å². The molecule has 0 spiro atoms. The van der Waals surface area contributed by atoms with Crippen molar-refractivity contribution in [2.75, 3.05) is 13.7 Å². The second kappa shape index (κ2) is 11.5. The average molecular weight is 467 g/mol. The number of benzene rings is 2. The molecule has 0 radical (unpaired) electrons. The number of carboxylic acid groups (broad SMARTS) is 1. The molecule has 3 rings (SSSR count). The third-order valence-corrected chi connectivity index (χ3v) is 6.01. The number of carbonyl (C=O) groups excluding carboxylic acids is 2. The number of fused-ring (bicyclic) bond motifs is 3. The third kappa shape index (κ3) is 5.63. The van der Waals surface area contributed by atoms with Gasteiger partial charge in [-0.1, -0.05) is 54.6 Å². The summed E-state index contributed by atoms with van der Waals surface area (Å²) in [5.74, 6) is -1.96. The van der Waals surface area contributed by atoms with E-state index in [4.69, 9.17) is 9.47 Å². The fourth-order valence-electron chi connectivity index (χ4n) is 4.10. The highest BCUT2D eigenvalue weighted by Gasteiger charge is 2.32. The molecule has 1 aliphatic carbocycles. The van der Waals surface area contributed by atoms with Crippen molar-refractivity contribution in [2.24, 2.45) is 0 Å². The van der Waals surface area contributed by atoms with Gasteiger partial charge in [-0.05, 0) is 42.0 Å². The SMILES string of the molecule is C=CCCC(NC(=O)C(NC(=O)OCC1c2ccccc2-c2ccccc21)C(C)OC)C(=O)O. The van der Waals surface area contributed by atoms with Crippen molar-refractivity contribution in [2.45, 2.75) is 43.9 Å². The lowest BCUT2D eigenvalue weighted by Gasteiger charge is -2.25. The molecular formula is C26H30N2O6. The van der Waals surface area contributed by atoms with Crippen molar-refractivity contribution >= 4 is 18.0 Å². The molecule has 3 N–H and O–H groups in total. The molecule has 2 aromatic carbocycles. The number of allylic oxidation sites excluding steroid dienone is 1. The zero-order valence-corrected chi connectivity index (χ0v) is 19.3. The van der Waals surface area contributed by atoms with Gasteiger partial charge < -0.3 is 25.2 Å². The molecule has 0 heterocycles. The van der Waals surface area contributed by atoms with Gasteiger partial charge in [-0.25, -0.2) is 9.59 Å². The molecule has 180 valence electrons. The van der Waals surface area contributed by atoms with E-state index in [0.29, 0.717) is 6.42 Å². The number of carboxylic acids is 1. The first-order valence-electron chi connectivity index (χ1n) is 11.2. The van der Waals surface area contributed by atoms with E-state index in [-0.39, 0.29) is 18.9 Å². The van der Waals surface area contributed by atoms with E-state index in [1.807, 2.05) is 48.5 Å². The predicted octanol–water partition coefficient (Wildman–Crippen LogP) is 3.46. The van der Waals surface area contributed by atoms with Gasteiger partial charge in [0, 0.05) is 13.0 Å². The van der Waals surface area contributed by atoms with Gasteiger partial charge in [0.1, 0.15) is 18.7 Å². The minimum Gasteiger partial charge on any atom is -0.480 e. The number of methoxy groups -OCH3 is 1. The molecule has 1 aliphatic rings. The van der Waals surface area contributed by atoms with E-state index in [1.54, 1.807) is 13.0 Å². The largest absolute Gasteiger partial charge is 0.480 e. The van der Waals surface area contributed by atoms with Crippen LogP contribution in [0.2, 0.25) is 0 Å². The van der Waals surface area contributed by atoms with Gasteiger partial charge in [-0.3, -0.25) is 4.79 Å². The second-order valence-corrected chi connectivity index (χ2v) is 8.15. The number of hydrogen-bond acceptors (Lipinski definition) is 5. The summed E-state index contributed by atoms with van der Waals surface area (Å²) in [7, 11) is 1.40. The molecule has 0 aromatic heterocycles. The highest BCUT2D eigenvalue weighted by Crippen LogP contribution is 2.44. The summed E-state index contributed by atoms with van der Waals surface area (Å²) in [5, 5.41) is 14.4. The molecule has 0 fully saturated rings. The quantitative estimate of drug-likeness (QED) is 0.437. The molecule has 8 heteroatoms. The fraction of sp³-hybridized carbons (Fsp3) is 0.346. The highest BCUT2D eigenvalue weighted by molar-refractivity contribution is 5.89. The van der Waals surface area contributed by atoms with Crippen LogP contribution in [0.5, 0.6) is 0 Å². The van der Waals surface area contributed by atoms with Crippen LogP contribution in [0, 0.1) is 0 Å². The number of rotatable bonds is 11. The summed E-state index contributed by atoms with van der Waals surface area (Å²) in [4.78, 5) is 36.9. The van der Waals surface area contributed by atoms with Crippen molar-refractivity contribution in [3.63, 3.8) is 0 Å². The van der Waals surface area contributed by atoms with Crippen molar-refractivity contribution in [1.29, 1.82) is 0 Å². The lowest BCUT2D eigenvalue weighted by molar-refractivity contribution is -0.142. The van der Waals surface area contributed by atoms with E-state index in [2.05, 4.69) is 17.2 Å². The Labute approximate surface area is 199 Å². The van der Waals surface area contributed by atoms with Crippen molar-refractivity contribution in [1.82, 2.24) is 10.6 Å². The van der Waals surface area contributed by atoms with Gasteiger partial charge in [-0.15, -0.1) is 6.58 Å². The van der Waals surface area contributed by atoms with Gasteiger partial charge >= 0.3 is 12.1 Å². The molecule has 3 atom stereocenters. The molecule has 3 unspecified atom stereocenters. The molecular weight excluding hydrogens is 436 g/mol. The first-order valence-corrected chi connectivity index (χ1v) is 11.2. The summed E-state index contributed by atoms with van der Waals surface area (Å²) >= 11 is 0. The summed E-state index contributed by atoms with van der Waals surface area (Å²) in [6, 6.07) is 13.7. The van der Waals surface area contributed by atoms with E-state index in [0.717, 1.165) is 22.3 Å². The zero-order valence-electron chi connectivity index (χ0n) is 19.3. The first kappa shape index (κ1) is 25.0. The summed E-state index contributed by atoms with van der Waals surface area (Å²) in [5.41, 5.74) is 4.36. The smallest absolute Gasteiger partial charge is 0.407 e. The van der Waals surface area contributed by atoms with E-state index in [9.17, 15) is 19.5 Å². The van der Waals surface area contributed by atoms with Crippen LogP contribution in [-0.2, 0) is 19.1 Å². The maximum absolute atomic E-state index is 12.8. The van der Waals surface area contributed by atoms with Gasteiger partial charge in [0.15, 0.2) is 0 Å². The second-order valence-electron chi connectivity index (χ2n) is 8.15. The van der Waals surface area contributed by atoms with Gasteiger partial charge in [0.2, 0.25) is 5.91 Å². The Balaban J connectivity index is 1.67. The summed E-state index contributed by atoms with van der Waals surface area (Å²) in [6.07, 6.45) is 0.676. The maximum Gasteiger partial charge on any atom is 0.407 e. The Kier molecular flexibility index (Phi) is 8.43. The summed E-state index contributed by atoms with van der Waals surface area (Å²) < 4.78 is 10.8. The number of hydrogen-bond donors (Lipinski definition) is 3. The van der Waals surface area contributed by atoms with Gasteiger partial charge in [-0.2, -0.15) is 0 Å². The Bertz CT molecular complexity index is 1010.